The number of nitrogens with zero attached hydrogens (tertiary/aromatic N) is 3. The molecule has 2 heterocycles. The van der Waals surface area contributed by atoms with E-state index in [0.717, 1.165) is 25.7 Å². The molecule has 11 heteroatoms. The first-order chi connectivity index (χ1) is 20.3. The van der Waals surface area contributed by atoms with E-state index in [1.807, 2.05) is 12.1 Å². The summed E-state index contributed by atoms with van der Waals surface area (Å²) in [6.45, 7) is 1.79. The third-order valence-corrected chi connectivity index (χ3v) is 7.34. The van der Waals surface area contributed by atoms with Crippen molar-refractivity contribution in [2.24, 2.45) is 5.73 Å². The lowest BCUT2D eigenvalue weighted by molar-refractivity contribution is -0.129. The Balaban J connectivity index is 1.74. The van der Waals surface area contributed by atoms with E-state index in [0.29, 0.717) is 72.2 Å². The summed E-state index contributed by atoms with van der Waals surface area (Å²) in [4.78, 5) is 18.3. The number of halogens is 1. The third-order valence-electron chi connectivity index (χ3n) is 7.34. The molecule has 10 nitrogen and oxygen atoms in total. The molecule has 0 atom stereocenters. The summed E-state index contributed by atoms with van der Waals surface area (Å²) in [5.74, 6) is 0.336. The Morgan fingerprint density at radius 2 is 1.86 bits per heavy atom. The van der Waals surface area contributed by atoms with Gasteiger partial charge in [0, 0.05) is 37.2 Å². The summed E-state index contributed by atoms with van der Waals surface area (Å²) in [5.41, 5.74) is 9.77. The molecule has 1 saturated heterocycles. The number of carbonyl (C=O) groups is 1. The number of hydroxylamine groups is 1. The molecule has 2 aromatic carbocycles. The van der Waals surface area contributed by atoms with Crippen LogP contribution in [-0.4, -0.2) is 54.1 Å². The van der Waals surface area contributed by atoms with Crippen LogP contribution in [0.4, 0.5) is 10.2 Å². The minimum absolute atomic E-state index is 0.0704. The Bertz CT molecular complexity index is 1440. The summed E-state index contributed by atoms with van der Waals surface area (Å²) in [6, 6.07) is 13.2. The maximum Gasteiger partial charge on any atom is 0.243 e. The van der Waals surface area contributed by atoms with Crippen molar-refractivity contribution in [3.63, 3.8) is 0 Å². The monoisotopic (exact) mass is 577 g/mol. The van der Waals surface area contributed by atoms with Crippen LogP contribution in [0.1, 0.15) is 50.5 Å². The van der Waals surface area contributed by atoms with E-state index in [4.69, 9.17) is 25.4 Å². The van der Waals surface area contributed by atoms with Crippen molar-refractivity contribution < 1.29 is 29.0 Å². The lowest BCUT2D eigenvalue weighted by atomic mass is 9.96. The number of amides is 1. The molecule has 1 aliphatic heterocycles. The lowest BCUT2D eigenvalue weighted by Gasteiger charge is -2.32. The number of aromatic hydroxyl groups is 1. The molecule has 222 valence electrons. The van der Waals surface area contributed by atoms with Gasteiger partial charge in [-0.15, -0.1) is 0 Å². The molecule has 0 aliphatic carbocycles. The van der Waals surface area contributed by atoms with Gasteiger partial charge in [0.15, 0.2) is 11.5 Å². The average Bonchev–Trinajstić information content (AvgIpc) is 3.00. The van der Waals surface area contributed by atoms with E-state index in [1.54, 1.807) is 29.7 Å². The predicted molar refractivity (Wildman–Crippen MR) is 156 cm³/mol. The van der Waals surface area contributed by atoms with Crippen molar-refractivity contribution in [1.82, 2.24) is 10.5 Å². The van der Waals surface area contributed by atoms with Gasteiger partial charge in [-0.3, -0.25) is 10.0 Å². The van der Waals surface area contributed by atoms with E-state index >= 15 is 0 Å². The molecule has 1 aliphatic rings. The van der Waals surface area contributed by atoms with Gasteiger partial charge in [0.1, 0.15) is 23.5 Å². The van der Waals surface area contributed by atoms with Crippen LogP contribution in [0.5, 0.6) is 17.2 Å². The van der Waals surface area contributed by atoms with Crippen molar-refractivity contribution in [3.05, 3.63) is 53.8 Å². The third kappa shape index (κ3) is 7.46. The van der Waals surface area contributed by atoms with Gasteiger partial charge in [-0.2, -0.15) is 5.26 Å². The van der Waals surface area contributed by atoms with Gasteiger partial charge in [0.25, 0.3) is 0 Å². The van der Waals surface area contributed by atoms with Crippen LogP contribution in [0.3, 0.4) is 0 Å². The van der Waals surface area contributed by atoms with Crippen LogP contribution < -0.4 is 25.6 Å². The minimum atomic E-state index is -0.660. The van der Waals surface area contributed by atoms with Crippen molar-refractivity contribution in [2.75, 3.05) is 31.7 Å². The molecule has 0 spiro atoms. The zero-order chi connectivity index (χ0) is 30.1. The van der Waals surface area contributed by atoms with E-state index in [1.165, 1.54) is 19.2 Å². The molecule has 1 amide bonds. The average molecular weight is 578 g/mol. The van der Waals surface area contributed by atoms with Crippen LogP contribution in [0.2, 0.25) is 0 Å². The Labute approximate surface area is 244 Å². The number of hydrogen-bond acceptors (Lipinski definition) is 9. The number of methoxy groups -OCH3 is 1. The molecular weight excluding hydrogens is 541 g/mol. The van der Waals surface area contributed by atoms with Crippen molar-refractivity contribution >= 4 is 11.7 Å². The standard InChI is InChI=1S/C31H36FN5O5/c1-41-26-10-9-20(17-25(26)38)30-27(42-15-5-3-2-4-6-29(39)36-40)18-28(37-13-11-23(34)12-14-37)35-31(30)21-7-8-22(19-33)24(32)16-21/h7-10,16-18,23,38,40H,2-6,11-15,34H2,1H3,(H,36,39). The molecule has 1 fully saturated rings. The number of benzene rings is 2. The van der Waals surface area contributed by atoms with Crippen LogP contribution in [0.25, 0.3) is 22.4 Å². The SMILES string of the molecule is COc1ccc(-c2c(OCCCCCCC(=O)NO)cc(N3CCC(N)CC3)nc2-c2ccc(C#N)c(F)c2)cc1O. The molecule has 42 heavy (non-hydrogen) atoms. The maximum absolute atomic E-state index is 14.9. The first-order valence-electron chi connectivity index (χ1n) is 14.0. The predicted octanol–water partition coefficient (Wildman–Crippen LogP) is 4.90. The highest BCUT2D eigenvalue weighted by Crippen LogP contribution is 2.43. The Morgan fingerprint density at radius 1 is 1.12 bits per heavy atom. The van der Waals surface area contributed by atoms with Gasteiger partial charge in [-0.1, -0.05) is 25.0 Å². The Hall–Kier alpha value is -4.40. The second kappa shape index (κ2) is 14.5. The number of ether oxygens (including phenoxy) is 2. The Kier molecular flexibility index (Phi) is 10.5. The van der Waals surface area contributed by atoms with Gasteiger partial charge < -0.3 is 25.2 Å². The fourth-order valence-corrected chi connectivity index (χ4v) is 4.98. The number of phenols is 1. The summed E-state index contributed by atoms with van der Waals surface area (Å²) in [6.07, 6.45) is 4.83. The molecule has 3 aromatic rings. The van der Waals surface area contributed by atoms with Gasteiger partial charge in [-0.05, 0) is 55.5 Å². The zero-order valence-electron chi connectivity index (χ0n) is 23.6. The van der Waals surface area contributed by atoms with Crippen LogP contribution in [-0.2, 0) is 4.79 Å². The van der Waals surface area contributed by atoms with Crippen molar-refractivity contribution in [1.29, 1.82) is 5.26 Å². The van der Waals surface area contributed by atoms with Gasteiger partial charge in [0.2, 0.25) is 5.91 Å². The number of hydrogen-bond donors (Lipinski definition) is 4. The Morgan fingerprint density at radius 3 is 2.52 bits per heavy atom. The number of anilines is 1. The van der Waals surface area contributed by atoms with E-state index < -0.39 is 11.7 Å². The van der Waals surface area contributed by atoms with Gasteiger partial charge in [0.05, 0.1) is 30.5 Å². The molecule has 0 unspecified atom stereocenters. The number of pyridine rings is 1. The number of piperidine rings is 1. The van der Waals surface area contributed by atoms with E-state index in [-0.39, 0.29) is 23.8 Å². The fraction of sp³-hybridized carbons (Fsp3) is 0.387. The number of carbonyl (C=O) groups excluding carboxylic acids is 1. The fourth-order valence-electron chi connectivity index (χ4n) is 4.98. The first kappa shape index (κ1) is 30.6. The van der Waals surface area contributed by atoms with E-state index in [2.05, 4.69) is 4.90 Å². The number of aromatic nitrogens is 1. The van der Waals surface area contributed by atoms with Crippen LogP contribution in [0, 0.1) is 17.1 Å². The zero-order valence-corrected chi connectivity index (χ0v) is 23.6. The summed E-state index contributed by atoms with van der Waals surface area (Å²) in [7, 11) is 1.46. The largest absolute Gasteiger partial charge is 0.504 e. The quantitative estimate of drug-likeness (QED) is 0.134. The summed E-state index contributed by atoms with van der Waals surface area (Å²) < 4.78 is 26.4. The normalized spacial score (nSPS) is 13.5. The van der Waals surface area contributed by atoms with E-state index in [9.17, 15) is 19.6 Å². The number of nitrogens with two attached hydrogens (primary N) is 1. The molecule has 0 saturated carbocycles. The van der Waals surface area contributed by atoms with Crippen molar-refractivity contribution in [3.8, 4) is 45.7 Å². The number of unbranched alkanes of at least 4 members (excludes halogenated alkanes) is 3. The molecule has 1 aromatic heterocycles. The number of nitrogens with one attached hydrogen (secondary N) is 1. The van der Waals surface area contributed by atoms with Crippen molar-refractivity contribution in [2.45, 2.75) is 51.0 Å². The second-order valence-corrected chi connectivity index (χ2v) is 10.3. The second-order valence-electron chi connectivity index (χ2n) is 10.3. The topological polar surface area (TPSA) is 154 Å². The smallest absolute Gasteiger partial charge is 0.243 e. The highest BCUT2D eigenvalue weighted by Gasteiger charge is 2.24. The number of nitriles is 1. The number of rotatable bonds is 12. The molecular formula is C31H36FN5O5. The van der Waals surface area contributed by atoms with Crippen LogP contribution >= 0.6 is 0 Å². The first-order valence-corrected chi connectivity index (χ1v) is 14.0. The summed E-state index contributed by atoms with van der Waals surface area (Å²) in [5, 5.41) is 28.5. The molecule has 0 bridgehead atoms. The minimum Gasteiger partial charge on any atom is -0.504 e. The number of phenolic OH excluding ortho intramolecular Hbond substituents is 1. The van der Waals surface area contributed by atoms with Gasteiger partial charge in [-0.25, -0.2) is 14.9 Å². The lowest BCUT2D eigenvalue weighted by Crippen LogP contribution is -2.40. The van der Waals surface area contributed by atoms with Crippen LogP contribution in [0.15, 0.2) is 42.5 Å². The maximum atomic E-state index is 14.9. The highest BCUT2D eigenvalue weighted by molar-refractivity contribution is 5.87. The molecule has 5 N–H and O–H groups in total. The van der Waals surface area contributed by atoms with Gasteiger partial charge >= 0.3 is 0 Å². The summed E-state index contributed by atoms with van der Waals surface area (Å²) >= 11 is 0. The molecule has 0 radical (unpaired) electrons. The molecule has 4 rings (SSSR count). The highest BCUT2D eigenvalue weighted by atomic mass is 19.1.